The maximum absolute atomic E-state index is 13.4. The number of hydrogen-bond donors (Lipinski definition) is 1. The molecule has 0 aromatic rings. The zero-order valence-corrected chi connectivity index (χ0v) is 24.6. The van der Waals surface area contributed by atoms with E-state index in [9.17, 15) is 20.0 Å². The number of Topliss-reactive ketones (excluding diaryl/α,β-unsaturated/α-hetero) is 1. The maximum atomic E-state index is 13.4. The summed E-state index contributed by atoms with van der Waals surface area (Å²) >= 11 is 0. The molecule has 6 nitrogen and oxygen atoms in total. The van der Waals surface area contributed by atoms with Gasteiger partial charge in [-0.2, -0.15) is 5.26 Å². The average molecular weight is 526 g/mol. The van der Waals surface area contributed by atoms with Gasteiger partial charge in [-0.05, 0) is 78.4 Å². The third kappa shape index (κ3) is 3.43. The number of nitrogens with zero attached hydrogens (tertiary/aromatic N) is 1. The lowest BCUT2D eigenvalue weighted by Gasteiger charge is -2.67. The molecule has 1 heterocycles. The molecule has 1 saturated heterocycles. The quantitative estimate of drug-likeness (QED) is 0.423. The summed E-state index contributed by atoms with van der Waals surface area (Å²) in [6.07, 6.45) is 7.16. The highest BCUT2D eigenvalue weighted by Gasteiger charge is 2.71. The molecule has 1 N–H and O–H groups in total. The first kappa shape index (κ1) is 27.8. The van der Waals surface area contributed by atoms with Gasteiger partial charge in [0.25, 0.3) is 0 Å². The molecule has 2 unspecified atom stereocenters. The van der Waals surface area contributed by atoms with Crippen molar-refractivity contribution in [1.29, 1.82) is 5.26 Å². The van der Waals surface area contributed by atoms with E-state index in [0.29, 0.717) is 6.42 Å². The van der Waals surface area contributed by atoms with Crippen LogP contribution in [0.5, 0.6) is 0 Å². The summed E-state index contributed by atoms with van der Waals surface area (Å²) in [5.74, 6) is -0.129. The van der Waals surface area contributed by atoms with Gasteiger partial charge >= 0.3 is 5.97 Å². The standard InChI is InChI=1S/C32H47NO5/c1-27(2)11-13-32(26(36)37-8)14-12-31(7)25(20(32)17-27)38-23(34)15-22-29(5)16-19(18-33)24(35)28(3,4)21(29)9-10-30(22,31)6/h16,20-23,25,34H,9-15,17H2,1-8H3/t20?,21-,22+,23?,25-,29-,30+,31+,32-/m0/s1. The summed E-state index contributed by atoms with van der Waals surface area (Å²) in [4.78, 5) is 26.7. The van der Waals surface area contributed by atoms with E-state index < -0.39 is 22.5 Å². The Morgan fingerprint density at radius 2 is 1.68 bits per heavy atom. The van der Waals surface area contributed by atoms with Crippen LogP contribution in [0.1, 0.15) is 99.8 Å². The fraction of sp³-hybridized carbons (Fsp3) is 0.844. The molecule has 5 aliphatic rings. The second-order valence-electron chi connectivity index (χ2n) is 15.4. The highest BCUT2D eigenvalue weighted by Crippen LogP contribution is 2.73. The van der Waals surface area contributed by atoms with Crippen LogP contribution < -0.4 is 0 Å². The number of carbonyl (C=O) groups excluding carboxylic acids is 2. The fourth-order valence-corrected chi connectivity index (χ4v) is 10.6. The summed E-state index contributed by atoms with van der Waals surface area (Å²) in [5, 5.41) is 21.4. The highest BCUT2D eigenvalue weighted by atomic mass is 16.6. The van der Waals surface area contributed by atoms with Crippen molar-refractivity contribution in [2.24, 2.45) is 50.2 Å². The Hall–Kier alpha value is -1.71. The lowest BCUT2D eigenvalue weighted by Crippen LogP contribution is -2.66. The van der Waals surface area contributed by atoms with Crippen LogP contribution in [0.3, 0.4) is 0 Å². The molecular formula is C32H47NO5. The Morgan fingerprint density at radius 3 is 2.32 bits per heavy atom. The second-order valence-corrected chi connectivity index (χ2v) is 15.4. The van der Waals surface area contributed by atoms with Crippen molar-refractivity contribution in [3.05, 3.63) is 11.6 Å². The number of hydrogen-bond acceptors (Lipinski definition) is 6. The molecular weight excluding hydrogens is 478 g/mol. The van der Waals surface area contributed by atoms with E-state index in [1.807, 2.05) is 19.9 Å². The van der Waals surface area contributed by atoms with E-state index in [1.165, 1.54) is 7.11 Å². The first-order chi connectivity index (χ1) is 17.5. The Morgan fingerprint density at radius 1 is 1.03 bits per heavy atom. The van der Waals surface area contributed by atoms with E-state index in [1.54, 1.807) is 0 Å². The largest absolute Gasteiger partial charge is 0.469 e. The van der Waals surface area contributed by atoms with Crippen LogP contribution in [-0.4, -0.2) is 36.4 Å². The topological polar surface area (TPSA) is 96.6 Å². The normalized spacial score (nSPS) is 49.1. The molecule has 3 saturated carbocycles. The first-order valence-corrected chi connectivity index (χ1v) is 14.6. The van der Waals surface area contributed by atoms with Crippen molar-refractivity contribution >= 4 is 11.8 Å². The van der Waals surface area contributed by atoms with Crippen molar-refractivity contribution in [2.45, 2.75) is 112 Å². The van der Waals surface area contributed by atoms with Gasteiger partial charge in [-0.15, -0.1) is 0 Å². The second kappa shape index (κ2) is 8.40. The summed E-state index contributed by atoms with van der Waals surface area (Å²) in [6, 6.07) is 2.20. The molecule has 0 spiro atoms. The maximum Gasteiger partial charge on any atom is 0.312 e. The van der Waals surface area contributed by atoms with Gasteiger partial charge in [0.2, 0.25) is 0 Å². The van der Waals surface area contributed by atoms with E-state index in [-0.39, 0.29) is 57.4 Å². The van der Waals surface area contributed by atoms with Gasteiger partial charge in [0.1, 0.15) is 6.07 Å². The molecule has 210 valence electrons. The molecule has 6 heteroatoms. The number of aliphatic hydroxyl groups is 1. The molecule has 4 aliphatic carbocycles. The van der Waals surface area contributed by atoms with E-state index >= 15 is 0 Å². The Labute approximate surface area is 228 Å². The van der Waals surface area contributed by atoms with Crippen LogP contribution in [-0.2, 0) is 19.1 Å². The number of fused-ring (bicyclic) bond motifs is 7. The van der Waals surface area contributed by atoms with Gasteiger partial charge in [-0.25, -0.2) is 0 Å². The lowest BCUT2D eigenvalue weighted by molar-refractivity contribution is -0.247. The van der Waals surface area contributed by atoms with Gasteiger partial charge in [0.05, 0.1) is 24.2 Å². The summed E-state index contributed by atoms with van der Waals surface area (Å²) < 4.78 is 12.1. The molecule has 0 bridgehead atoms. The number of ketones is 1. The number of esters is 1. The van der Waals surface area contributed by atoms with E-state index in [4.69, 9.17) is 9.47 Å². The van der Waals surface area contributed by atoms with Crippen LogP contribution in [0.15, 0.2) is 11.6 Å². The van der Waals surface area contributed by atoms with Crippen molar-refractivity contribution in [3.8, 4) is 6.07 Å². The molecule has 4 fully saturated rings. The first-order valence-electron chi connectivity index (χ1n) is 14.6. The number of nitriles is 1. The van der Waals surface area contributed by atoms with Crippen LogP contribution in [0.2, 0.25) is 0 Å². The van der Waals surface area contributed by atoms with Crippen molar-refractivity contribution in [1.82, 2.24) is 0 Å². The smallest absolute Gasteiger partial charge is 0.312 e. The van der Waals surface area contributed by atoms with Crippen molar-refractivity contribution < 1.29 is 24.2 Å². The summed E-state index contributed by atoms with van der Waals surface area (Å²) in [6.45, 7) is 15.5. The summed E-state index contributed by atoms with van der Waals surface area (Å²) in [7, 11) is 1.50. The number of methoxy groups -OCH3 is 1. The third-order valence-corrected chi connectivity index (χ3v) is 13.0. The van der Waals surface area contributed by atoms with Crippen molar-refractivity contribution in [2.75, 3.05) is 7.11 Å². The van der Waals surface area contributed by atoms with E-state index in [2.05, 4.69) is 40.7 Å². The predicted molar refractivity (Wildman–Crippen MR) is 143 cm³/mol. The Bertz CT molecular complexity index is 1120. The van der Waals surface area contributed by atoms with E-state index in [0.717, 1.165) is 44.9 Å². The van der Waals surface area contributed by atoms with Gasteiger partial charge in [0, 0.05) is 17.8 Å². The summed E-state index contributed by atoms with van der Waals surface area (Å²) in [5.41, 5.74) is -1.83. The molecule has 0 amide bonds. The number of aliphatic hydroxyl groups excluding tert-OH is 1. The zero-order valence-electron chi connectivity index (χ0n) is 24.6. The average Bonchev–Trinajstić information content (AvgIpc) is 2.93. The van der Waals surface area contributed by atoms with Crippen LogP contribution in [0, 0.1) is 61.6 Å². The zero-order chi connectivity index (χ0) is 28.1. The molecule has 0 aromatic heterocycles. The fourth-order valence-electron chi connectivity index (χ4n) is 10.6. The molecule has 38 heavy (non-hydrogen) atoms. The predicted octanol–water partition coefficient (Wildman–Crippen LogP) is 5.98. The molecule has 0 aromatic carbocycles. The van der Waals surface area contributed by atoms with Crippen LogP contribution in [0.4, 0.5) is 0 Å². The van der Waals surface area contributed by atoms with Crippen LogP contribution in [0.25, 0.3) is 0 Å². The third-order valence-electron chi connectivity index (χ3n) is 13.0. The van der Waals surface area contributed by atoms with Crippen LogP contribution >= 0.6 is 0 Å². The number of carbonyl (C=O) groups is 2. The molecule has 5 rings (SSSR count). The lowest BCUT2D eigenvalue weighted by atomic mass is 9.36. The number of allylic oxidation sites excluding steroid dienone is 2. The molecule has 0 radical (unpaired) electrons. The minimum Gasteiger partial charge on any atom is -0.469 e. The molecule has 1 aliphatic heterocycles. The Kier molecular flexibility index (Phi) is 6.15. The van der Waals surface area contributed by atoms with Gasteiger partial charge in [-0.3, -0.25) is 9.59 Å². The minimum absolute atomic E-state index is 0.0247. The SMILES string of the molecule is COC(=O)[C@]12CCC(C)(C)CC1[C@@H]1OC(O)C[C@@H]3[C@@]4(C)C=C(C#N)C(=O)C(C)(C)[C@@H]4CC[C@@]3(C)[C@]1(C)CC2. The minimum atomic E-state index is -0.972. The highest BCUT2D eigenvalue weighted by molar-refractivity contribution is 6.04. The monoisotopic (exact) mass is 525 g/mol. The van der Waals surface area contributed by atoms with Gasteiger partial charge in [0.15, 0.2) is 12.1 Å². The van der Waals surface area contributed by atoms with Gasteiger partial charge in [-0.1, -0.05) is 54.5 Å². The molecule has 9 atom stereocenters. The van der Waals surface area contributed by atoms with Crippen molar-refractivity contribution in [3.63, 3.8) is 0 Å². The number of rotatable bonds is 1. The Balaban J connectivity index is 1.66. The van der Waals surface area contributed by atoms with Gasteiger partial charge < -0.3 is 14.6 Å². The number of ether oxygens (including phenoxy) is 2.